The Bertz CT molecular complexity index is 360. The standard InChI is InChI=1S/C11H14BrFN2O/c1-2-10(3-4-12)15-11(16)8-5-9(13)7-14-6-8/h5-7,10H,2-4H2,1H3,(H,15,16). The number of nitrogens with one attached hydrogen (secondary N) is 1. The zero-order valence-corrected chi connectivity index (χ0v) is 10.6. The van der Waals surface area contributed by atoms with Gasteiger partial charge in [0.1, 0.15) is 5.82 Å². The number of aromatic nitrogens is 1. The van der Waals surface area contributed by atoms with E-state index in [0.717, 1.165) is 24.4 Å². The summed E-state index contributed by atoms with van der Waals surface area (Å²) in [5.41, 5.74) is 0.257. The third kappa shape index (κ3) is 3.89. The van der Waals surface area contributed by atoms with Crippen LogP contribution in [0.15, 0.2) is 18.5 Å². The summed E-state index contributed by atoms with van der Waals surface area (Å²) < 4.78 is 12.8. The Kier molecular flexibility index (Phi) is 5.38. The lowest BCUT2D eigenvalue weighted by molar-refractivity contribution is 0.0934. The molecule has 1 rings (SSSR count). The highest BCUT2D eigenvalue weighted by Gasteiger charge is 2.12. The highest BCUT2D eigenvalue weighted by atomic mass is 79.9. The van der Waals surface area contributed by atoms with E-state index in [4.69, 9.17) is 0 Å². The molecule has 0 aromatic carbocycles. The molecule has 0 fully saturated rings. The number of nitrogens with zero attached hydrogens (tertiary/aromatic N) is 1. The van der Waals surface area contributed by atoms with Gasteiger partial charge < -0.3 is 5.32 Å². The molecule has 1 atom stereocenters. The van der Waals surface area contributed by atoms with E-state index in [1.165, 1.54) is 12.3 Å². The highest BCUT2D eigenvalue weighted by molar-refractivity contribution is 9.09. The van der Waals surface area contributed by atoms with Crippen molar-refractivity contribution in [2.24, 2.45) is 0 Å². The van der Waals surface area contributed by atoms with Crippen LogP contribution in [-0.2, 0) is 0 Å². The molecule has 1 N–H and O–H groups in total. The van der Waals surface area contributed by atoms with Crippen molar-refractivity contribution in [3.05, 3.63) is 29.8 Å². The predicted octanol–water partition coefficient (Wildman–Crippen LogP) is 2.51. The molecule has 1 aromatic heterocycles. The monoisotopic (exact) mass is 288 g/mol. The number of amides is 1. The van der Waals surface area contributed by atoms with Crippen LogP contribution in [0.25, 0.3) is 0 Å². The third-order valence-electron chi connectivity index (χ3n) is 2.25. The summed E-state index contributed by atoms with van der Waals surface area (Å²) in [5, 5.41) is 3.66. The Labute approximate surface area is 103 Å². The minimum atomic E-state index is -0.499. The van der Waals surface area contributed by atoms with E-state index >= 15 is 0 Å². The second kappa shape index (κ2) is 6.58. The van der Waals surface area contributed by atoms with Gasteiger partial charge in [0.05, 0.1) is 11.8 Å². The summed E-state index contributed by atoms with van der Waals surface area (Å²) in [5.74, 6) is -0.777. The Morgan fingerprint density at radius 1 is 1.62 bits per heavy atom. The number of alkyl halides is 1. The largest absolute Gasteiger partial charge is 0.349 e. The van der Waals surface area contributed by atoms with Gasteiger partial charge in [0, 0.05) is 17.6 Å². The molecule has 1 heterocycles. The quantitative estimate of drug-likeness (QED) is 0.846. The van der Waals surface area contributed by atoms with Gasteiger partial charge >= 0.3 is 0 Å². The van der Waals surface area contributed by atoms with Crippen molar-refractivity contribution < 1.29 is 9.18 Å². The van der Waals surface area contributed by atoms with Gasteiger partial charge in [-0.25, -0.2) is 4.39 Å². The van der Waals surface area contributed by atoms with Crippen molar-refractivity contribution in [2.45, 2.75) is 25.8 Å². The van der Waals surface area contributed by atoms with Gasteiger partial charge in [0.15, 0.2) is 0 Å². The van der Waals surface area contributed by atoms with Crippen LogP contribution in [0.5, 0.6) is 0 Å². The molecular formula is C11H14BrFN2O. The van der Waals surface area contributed by atoms with E-state index in [-0.39, 0.29) is 17.5 Å². The number of pyridine rings is 1. The number of rotatable bonds is 5. The maximum Gasteiger partial charge on any atom is 0.253 e. The first-order chi connectivity index (χ1) is 7.67. The first-order valence-corrected chi connectivity index (χ1v) is 6.27. The fourth-order valence-electron chi connectivity index (χ4n) is 1.31. The van der Waals surface area contributed by atoms with E-state index in [1.807, 2.05) is 6.92 Å². The summed E-state index contributed by atoms with van der Waals surface area (Å²) in [6, 6.07) is 1.29. The van der Waals surface area contributed by atoms with E-state index in [2.05, 4.69) is 26.2 Å². The maximum absolute atomic E-state index is 12.8. The van der Waals surface area contributed by atoms with Gasteiger partial charge in [0.25, 0.3) is 5.91 Å². The van der Waals surface area contributed by atoms with Crippen LogP contribution in [0.1, 0.15) is 30.1 Å². The summed E-state index contributed by atoms with van der Waals surface area (Å²) in [6.45, 7) is 2.00. The molecule has 3 nitrogen and oxygen atoms in total. The number of carbonyl (C=O) groups is 1. The van der Waals surface area contributed by atoms with Gasteiger partial charge in [-0.05, 0) is 18.9 Å². The normalized spacial score (nSPS) is 12.2. The minimum absolute atomic E-state index is 0.107. The molecule has 0 spiro atoms. The van der Waals surface area contributed by atoms with E-state index < -0.39 is 5.82 Å². The van der Waals surface area contributed by atoms with Crippen molar-refractivity contribution in [3.63, 3.8) is 0 Å². The van der Waals surface area contributed by atoms with Crippen LogP contribution < -0.4 is 5.32 Å². The molecule has 16 heavy (non-hydrogen) atoms. The SMILES string of the molecule is CCC(CCBr)NC(=O)c1cncc(F)c1. The second-order valence-electron chi connectivity index (χ2n) is 3.45. The highest BCUT2D eigenvalue weighted by Crippen LogP contribution is 2.05. The lowest BCUT2D eigenvalue weighted by Gasteiger charge is -2.15. The lowest BCUT2D eigenvalue weighted by Crippen LogP contribution is -2.34. The molecule has 0 aliphatic carbocycles. The van der Waals surface area contributed by atoms with Crippen LogP contribution in [0.2, 0.25) is 0 Å². The number of hydrogen-bond acceptors (Lipinski definition) is 2. The van der Waals surface area contributed by atoms with Crippen LogP contribution in [0.3, 0.4) is 0 Å². The molecule has 1 amide bonds. The van der Waals surface area contributed by atoms with E-state index in [0.29, 0.717) is 0 Å². The summed E-state index contributed by atoms with van der Waals surface area (Å²) in [4.78, 5) is 15.3. The molecule has 0 bridgehead atoms. The van der Waals surface area contributed by atoms with Gasteiger partial charge in [-0.1, -0.05) is 22.9 Å². The van der Waals surface area contributed by atoms with Crippen molar-refractivity contribution in [3.8, 4) is 0 Å². The smallest absolute Gasteiger partial charge is 0.253 e. The van der Waals surface area contributed by atoms with Crippen LogP contribution in [0.4, 0.5) is 4.39 Å². The molecular weight excluding hydrogens is 275 g/mol. The topological polar surface area (TPSA) is 42.0 Å². The average Bonchev–Trinajstić information content (AvgIpc) is 2.28. The third-order valence-corrected chi connectivity index (χ3v) is 2.71. The zero-order valence-electron chi connectivity index (χ0n) is 9.04. The van der Waals surface area contributed by atoms with Gasteiger partial charge in [-0.2, -0.15) is 0 Å². The molecule has 0 radical (unpaired) electrons. The first-order valence-electron chi connectivity index (χ1n) is 5.14. The van der Waals surface area contributed by atoms with Crippen LogP contribution >= 0.6 is 15.9 Å². The Hall–Kier alpha value is -0.970. The van der Waals surface area contributed by atoms with Crippen molar-refractivity contribution >= 4 is 21.8 Å². The number of halogens is 2. The fraction of sp³-hybridized carbons (Fsp3) is 0.455. The van der Waals surface area contributed by atoms with Crippen molar-refractivity contribution in [1.29, 1.82) is 0 Å². The molecule has 0 aliphatic heterocycles. The molecule has 0 saturated heterocycles. The minimum Gasteiger partial charge on any atom is -0.349 e. The molecule has 0 saturated carbocycles. The van der Waals surface area contributed by atoms with Gasteiger partial charge in [0.2, 0.25) is 0 Å². The van der Waals surface area contributed by atoms with E-state index in [9.17, 15) is 9.18 Å². The van der Waals surface area contributed by atoms with Gasteiger partial charge in [-0.15, -0.1) is 0 Å². The first kappa shape index (κ1) is 13.1. The Morgan fingerprint density at radius 3 is 2.94 bits per heavy atom. The van der Waals surface area contributed by atoms with Gasteiger partial charge in [-0.3, -0.25) is 9.78 Å². The van der Waals surface area contributed by atoms with Crippen LogP contribution in [-0.4, -0.2) is 22.3 Å². The molecule has 0 aliphatic rings. The summed E-state index contributed by atoms with van der Waals surface area (Å²) in [6.07, 6.45) is 4.14. The lowest BCUT2D eigenvalue weighted by atomic mass is 10.1. The van der Waals surface area contributed by atoms with E-state index in [1.54, 1.807) is 0 Å². The average molecular weight is 289 g/mol. The van der Waals surface area contributed by atoms with Crippen molar-refractivity contribution in [1.82, 2.24) is 10.3 Å². The predicted molar refractivity (Wildman–Crippen MR) is 64.2 cm³/mol. The second-order valence-corrected chi connectivity index (χ2v) is 4.24. The Balaban J connectivity index is 2.64. The summed E-state index contributed by atoms with van der Waals surface area (Å²) >= 11 is 3.32. The summed E-state index contributed by atoms with van der Waals surface area (Å²) in [7, 11) is 0. The molecule has 1 aromatic rings. The molecule has 1 unspecified atom stereocenters. The zero-order chi connectivity index (χ0) is 12.0. The number of carbonyl (C=O) groups excluding carboxylic acids is 1. The maximum atomic E-state index is 12.8. The van der Waals surface area contributed by atoms with Crippen LogP contribution in [0, 0.1) is 5.82 Å². The number of hydrogen-bond donors (Lipinski definition) is 1. The fourth-order valence-corrected chi connectivity index (χ4v) is 1.87. The van der Waals surface area contributed by atoms with Crippen molar-refractivity contribution in [2.75, 3.05) is 5.33 Å². The molecule has 5 heteroatoms. The Morgan fingerprint density at radius 2 is 2.38 bits per heavy atom. The molecule has 88 valence electrons.